The third-order valence-electron chi connectivity index (χ3n) is 3.15. The Labute approximate surface area is 122 Å². The predicted molar refractivity (Wildman–Crippen MR) is 84.5 cm³/mol. The molecule has 0 spiro atoms. The molecule has 100 valence electrons. The summed E-state index contributed by atoms with van der Waals surface area (Å²) in [6.07, 6.45) is 0. The zero-order chi connectivity index (χ0) is 13.9. The lowest BCUT2D eigenvalue weighted by Gasteiger charge is -2.08. The number of benzene rings is 2. The molecule has 0 aliphatic heterocycles. The van der Waals surface area contributed by atoms with E-state index >= 15 is 0 Å². The van der Waals surface area contributed by atoms with Gasteiger partial charge in [0.05, 0.1) is 10.2 Å². The van der Waals surface area contributed by atoms with Gasteiger partial charge in [0.2, 0.25) is 0 Å². The monoisotopic (exact) mass is 283 g/mol. The van der Waals surface area contributed by atoms with Gasteiger partial charge in [-0.2, -0.15) is 0 Å². The van der Waals surface area contributed by atoms with Gasteiger partial charge in [0, 0.05) is 19.8 Å². The van der Waals surface area contributed by atoms with Crippen molar-refractivity contribution >= 4 is 34.1 Å². The molecule has 0 unspecified atom stereocenters. The molecule has 0 N–H and O–H groups in total. The smallest absolute Gasteiger partial charge is 0.410 e. The second-order valence-electron chi connectivity index (χ2n) is 4.41. The van der Waals surface area contributed by atoms with E-state index in [0.717, 1.165) is 21.6 Å². The standard InChI is InChI=1S/C15H14BNO2S/c1-18-16(19-2)12-9-7-11(8-10-12)15-17-13-5-3-4-6-14(13)20-15/h3-10H,1-2H3. The van der Waals surface area contributed by atoms with E-state index in [0.29, 0.717) is 0 Å². The molecule has 1 heterocycles. The van der Waals surface area contributed by atoms with Crippen LogP contribution in [0.25, 0.3) is 20.8 Å². The Hall–Kier alpha value is -1.69. The number of rotatable bonds is 4. The number of para-hydroxylation sites is 1. The Bertz CT molecular complexity index is 674. The molecule has 0 aliphatic rings. The first-order valence-corrected chi connectivity index (χ1v) is 7.15. The van der Waals surface area contributed by atoms with E-state index in [-0.39, 0.29) is 7.12 Å². The van der Waals surface area contributed by atoms with Gasteiger partial charge in [-0.1, -0.05) is 36.4 Å². The van der Waals surface area contributed by atoms with Gasteiger partial charge in [-0.25, -0.2) is 4.98 Å². The van der Waals surface area contributed by atoms with Crippen molar-refractivity contribution in [2.75, 3.05) is 14.2 Å². The maximum Gasteiger partial charge on any atom is 0.493 e. The highest BCUT2D eigenvalue weighted by atomic mass is 32.1. The molecule has 1 aromatic heterocycles. The van der Waals surface area contributed by atoms with Crippen molar-refractivity contribution in [1.29, 1.82) is 0 Å². The minimum absolute atomic E-state index is 0.320. The van der Waals surface area contributed by atoms with Gasteiger partial charge in [-0.15, -0.1) is 11.3 Å². The Morgan fingerprint density at radius 3 is 2.30 bits per heavy atom. The summed E-state index contributed by atoms with van der Waals surface area (Å²) in [5.74, 6) is 0. The summed E-state index contributed by atoms with van der Waals surface area (Å²) in [5.41, 5.74) is 3.16. The molecule has 2 aromatic carbocycles. The molecule has 0 aliphatic carbocycles. The largest absolute Gasteiger partial charge is 0.493 e. The van der Waals surface area contributed by atoms with Crippen LogP contribution in [0.5, 0.6) is 0 Å². The summed E-state index contributed by atoms with van der Waals surface area (Å²) in [6, 6.07) is 16.3. The minimum Gasteiger partial charge on any atom is -0.410 e. The van der Waals surface area contributed by atoms with Crippen molar-refractivity contribution in [3.63, 3.8) is 0 Å². The highest BCUT2D eigenvalue weighted by Gasteiger charge is 2.17. The third kappa shape index (κ3) is 2.48. The lowest BCUT2D eigenvalue weighted by Crippen LogP contribution is -2.34. The van der Waals surface area contributed by atoms with Crippen LogP contribution in [-0.4, -0.2) is 26.3 Å². The zero-order valence-electron chi connectivity index (χ0n) is 11.4. The highest BCUT2D eigenvalue weighted by Crippen LogP contribution is 2.29. The first-order valence-electron chi connectivity index (χ1n) is 6.33. The van der Waals surface area contributed by atoms with Crippen molar-refractivity contribution in [3.8, 4) is 10.6 Å². The Balaban J connectivity index is 1.94. The maximum atomic E-state index is 5.24. The van der Waals surface area contributed by atoms with Crippen LogP contribution in [0.1, 0.15) is 0 Å². The van der Waals surface area contributed by atoms with Crippen LogP contribution in [0.2, 0.25) is 0 Å². The maximum absolute atomic E-state index is 5.24. The molecule has 20 heavy (non-hydrogen) atoms. The average Bonchev–Trinajstić information content (AvgIpc) is 2.93. The van der Waals surface area contributed by atoms with Gasteiger partial charge in [0.1, 0.15) is 5.01 Å². The first-order chi connectivity index (χ1) is 9.81. The quantitative estimate of drug-likeness (QED) is 0.690. The number of hydrogen-bond donors (Lipinski definition) is 0. The predicted octanol–water partition coefficient (Wildman–Crippen LogP) is 2.95. The first kappa shape index (κ1) is 13.3. The Morgan fingerprint density at radius 2 is 1.65 bits per heavy atom. The van der Waals surface area contributed by atoms with Gasteiger partial charge in [-0.05, 0) is 17.6 Å². The molecule has 3 aromatic rings. The van der Waals surface area contributed by atoms with Crippen LogP contribution < -0.4 is 5.46 Å². The lowest BCUT2D eigenvalue weighted by molar-refractivity contribution is 0.292. The van der Waals surface area contributed by atoms with Crippen molar-refractivity contribution in [2.45, 2.75) is 0 Å². The van der Waals surface area contributed by atoms with Crippen LogP contribution in [-0.2, 0) is 9.31 Å². The summed E-state index contributed by atoms with van der Waals surface area (Å²) < 4.78 is 11.7. The van der Waals surface area contributed by atoms with Gasteiger partial charge in [-0.3, -0.25) is 0 Å². The number of hydrogen-bond acceptors (Lipinski definition) is 4. The molecule has 0 radical (unpaired) electrons. The molecule has 3 rings (SSSR count). The van der Waals surface area contributed by atoms with Crippen molar-refractivity contribution < 1.29 is 9.31 Å². The van der Waals surface area contributed by atoms with E-state index in [4.69, 9.17) is 9.31 Å². The topological polar surface area (TPSA) is 31.4 Å². The fourth-order valence-electron chi connectivity index (χ4n) is 2.15. The molecular weight excluding hydrogens is 269 g/mol. The van der Waals surface area contributed by atoms with E-state index in [1.54, 1.807) is 25.6 Å². The van der Waals surface area contributed by atoms with E-state index in [9.17, 15) is 0 Å². The number of fused-ring (bicyclic) bond motifs is 1. The van der Waals surface area contributed by atoms with E-state index < -0.39 is 0 Å². The van der Waals surface area contributed by atoms with Crippen LogP contribution in [0.4, 0.5) is 0 Å². The number of thiazole rings is 1. The summed E-state index contributed by atoms with van der Waals surface area (Å²) in [6.45, 7) is 0. The molecule has 0 amide bonds. The van der Waals surface area contributed by atoms with E-state index in [1.807, 2.05) is 30.3 Å². The van der Waals surface area contributed by atoms with Crippen LogP contribution in [0.3, 0.4) is 0 Å². The Morgan fingerprint density at radius 1 is 0.950 bits per heavy atom. The molecule has 3 nitrogen and oxygen atoms in total. The van der Waals surface area contributed by atoms with Crippen molar-refractivity contribution in [3.05, 3.63) is 48.5 Å². The molecule has 0 fully saturated rings. The van der Waals surface area contributed by atoms with Crippen LogP contribution >= 0.6 is 11.3 Å². The fourth-order valence-corrected chi connectivity index (χ4v) is 3.12. The van der Waals surface area contributed by atoms with Crippen molar-refractivity contribution in [1.82, 2.24) is 4.98 Å². The summed E-state index contributed by atoms with van der Waals surface area (Å²) in [4.78, 5) is 4.65. The average molecular weight is 283 g/mol. The van der Waals surface area contributed by atoms with E-state index in [2.05, 4.69) is 23.2 Å². The van der Waals surface area contributed by atoms with Gasteiger partial charge in [0.15, 0.2) is 0 Å². The normalized spacial score (nSPS) is 10.9. The molecule has 0 saturated carbocycles. The van der Waals surface area contributed by atoms with Gasteiger partial charge in [0.25, 0.3) is 0 Å². The number of aromatic nitrogens is 1. The molecule has 0 atom stereocenters. The summed E-state index contributed by atoms with van der Waals surface area (Å²) >= 11 is 1.70. The third-order valence-corrected chi connectivity index (χ3v) is 4.24. The fraction of sp³-hybridized carbons (Fsp3) is 0.133. The van der Waals surface area contributed by atoms with Gasteiger partial charge < -0.3 is 9.31 Å². The SMILES string of the molecule is COB(OC)c1ccc(-c2nc3ccccc3s2)cc1. The molecule has 0 bridgehead atoms. The summed E-state index contributed by atoms with van der Waals surface area (Å²) in [5, 5.41) is 1.03. The minimum atomic E-state index is -0.320. The van der Waals surface area contributed by atoms with E-state index in [1.165, 1.54) is 4.70 Å². The second-order valence-corrected chi connectivity index (χ2v) is 5.44. The van der Waals surface area contributed by atoms with Crippen LogP contribution in [0, 0.1) is 0 Å². The van der Waals surface area contributed by atoms with Gasteiger partial charge >= 0.3 is 7.12 Å². The lowest BCUT2D eigenvalue weighted by atomic mass is 9.79. The highest BCUT2D eigenvalue weighted by molar-refractivity contribution is 7.21. The molecule has 5 heteroatoms. The second kappa shape index (κ2) is 5.75. The Kier molecular flexibility index (Phi) is 3.82. The summed E-state index contributed by atoms with van der Waals surface area (Å²) in [7, 11) is 2.95. The van der Waals surface area contributed by atoms with Crippen molar-refractivity contribution in [2.24, 2.45) is 0 Å². The molecule has 0 saturated heterocycles. The van der Waals surface area contributed by atoms with Crippen LogP contribution in [0.15, 0.2) is 48.5 Å². The zero-order valence-corrected chi connectivity index (χ0v) is 12.2. The number of nitrogens with zero attached hydrogens (tertiary/aromatic N) is 1. The molecular formula is C15H14BNO2S.